The van der Waals surface area contributed by atoms with Crippen LogP contribution in [0.15, 0.2) is 22.7 Å². The molecule has 1 N–H and O–H groups in total. The minimum absolute atomic E-state index is 0.411. The zero-order valence-corrected chi connectivity index (χ0v) is 12.5. The summed E-state index contributed by atoms with van der Waals surface area (Å²) in [5, 5.41) is 9.55. The highest BCUT2D eigenvalue weighted by molar-refractivity contribution is 9.10. The monoisotopic (exact) mass is 299 g/mol. The van der Waals surface area contributed by atoms with Crippen LogP contribution < -0.4 is 4.90 Å². The lowest BCUT2D eigenvalue weighted by atomic mass is 10.1. The average Bonchev–Trinajstić information content (AvgIpc) is 2.28. The van der Waals surface area contributed by atoms with Crippen LogP contribution in [0, 0.1) is 0 Å². The molecule has 0 heterocycles. The van der Waals surface area contributed by atoms with Crippen LogP contribution in [0.2, 0.25) is 0 Å². The first kappa shape index (κ1) is 14.5. The SMILES string of the molecule is CCCN(CCC)c1ccc([C@@H](C)O)cc1Br. The van der Waals surface area contributed by atoms with Crippen LogP contribution in [0.1, 0.15) is 45.3 Å². The lowest BCUT2D eigenvalue weighted by Gasteiger charge is -2.25. The molecule has 0 aliphatic carbocycles. The molecule has 1 rings (SSSR count). The van der Waals surface area contributed by atoms with E-state index in [9.17, 15) is 5.11 Å². The molecule has 96 valence electrons. The second kappa shape index (κ2) is 7.02. The highest BCUT2D eigenvalue weighted by atomic mass is 79.9. The minimum atomic E-state index is -0.411. The fraction of sp³-hybridized carbons (Fsp3) is 0.571. The number of hydrogen-bond donors (Lipinski definition) is 1. The van der Waals surface area contributed by atoms with Crippen molar-refractivity contribution in [2.45, 2.75) is 39.7 Å². The summed E-state index contributed by atoms with van der Waals surface area (Å²) in [6.45, 7) is 8.32. The van der Waals surface area contributed by atoms with Gasteiger partial charge < -0.3 is 10.0 Å². The van der Waals surface area contributed by atoms with Gasteiger partial charge in [-0.15, -0.1) is 0 Å². The highest BCUT2D eigenvalue weighted by Gasteiger charge is 2.10. The van der Waals surface area contributed by atoms with Crippen molar-refractivity contribution < 1.29 is 5.11 Å². The van der Waals surface area contributed by atoms with Crippen molar-refractivity contribution in [3.63, 3.8) is 0 Å². The molecule has 17 heavy (non-hydrogen) atoms. The Balaban J connectivity index is 2.95. The Morgan fingerprint density at radius 2 is 1.82 bits per heavy atom. The van der Waals surface area contributed by atoms with Crippen molar-refractivity contribution in [1.29, 1.82) is 0 Å². The van der Waals surface area contributed by atoms with Crippen molar-refractivity contribution in [3.05, 3.63) is 28.2 Å². The van der Waals surface area contributed by atoms with Gasteiger partial charge in [-0.25, -0.2) is 0 Å². The number of hydrogen-bond acceptors (Lipinski definition) is 2. The number of aliphatic hydroxyl groups is 1. The summed E-state index contributed by atoms with van der Waals surface area (Å²) in [5.74, 6) is 0. The molecule has 1 aromatic rings. The summed E-state index contributed by atoms with van der Waals surface area (Å²) in [7, 11) is 0. The lowest BCUT2D eigenvalue weighted by Crippen LogP contribution is -2.25. The standard InChI is InChI=1S/C14H22BrNO/c1-4-8-16(9-5-2)14-7-6-12(11(3)17)10-13(14)15/h6-7,10-11,17H,4-5,8-9H2,1-3H3/t11-/m1/s1. The molecule has 0 bridgehead atoms. The fourth-order valence-electron chi connectivity index (χ4n) is 1.93. The number of anilines is 1. The zero-order chi connectivity index (χ0) is 12.8. The molecule has 0 saturated carbocycles. The van der Waals surface area contributed by atoms with Gasteiger partial charge >= 0.3 is 0 Å². The molecule has 0 unspecified atom stereocenters. The van der Waals surface area contributed by atoms with Crippen LogP contribution >= 0.6 is 15.9 Å². The van der Waals surface area contributed by atoms with E-state index in [-0.39, 0.29) is 0 Å². The van der Waals surface area contributed by atoms with Crippen LogP contribution in [0.5, 0.6) is 0 Å². The summed E-state index contributed by atoms with van der Waals surface area (Å²) < 4.78 is 1.07. The third kappa shape index (κ3) is 4.00. The maximum atomic E-state index is 9.55. The largest absolute Gasteiger partial charge is 0.389 e. The molecule has 1 atom stereocenters. The van der Waals surface area contributed by atoms with Crippen molar-refractivity contribution in [3.8, 4) is 0 Å². The molecule has 1 aromatic carbocycles. The number of nitrogens with zero attached hydrogens (tertiary/aromatic N) is 1. The van der Waals surface area contributed by atoms with Crippen molar-refractivity contribution in [1.82, 2.24) is 0 Å². The van der Waals surface area contributed by atoms with Crippen molar-refractivity contribution in [2.24, 2.45) is 0 Å². The maximum absolute atomic E-state index is 9.55. The topological polar surface area (TPSA) is 23.5 Å². The Bertz CT molecular complexity index is 346. The first-order chi connectivity index (χ1) is 8.10. The van der Waals surface area contributed by atoms with E-state index in [0.29, 0.717) is 0 Å². The van der Waals surface area contributed by atoms with Gasteiger partial charge in [-0.05, 0) is 53.4 Å². The van der Waals surface area contributed by atoms with Crippen molar-refractivity contribution in [2.75, 3.05) is 18.0 Å². The van der Waals surface area contributed by atoms with E-state index in [2.05, 4.69) is 40.7 Å². The van der Waals surface area contributed by atoms with Gasteiger partial charge in [0.1, 0.15) is 0 Å². The van der Waals surface area contributed by atoms with Crippen LogP contribution in [0.3, 0.4) is 0 Å². The number of halogens is 1. The fourth-order valence-corrected chi connectivity index (χ4v) is 2.58. The molecule has 0 aromatic heterocycles. The molecule has 0 fully saturated rings. The summed E-state index contributed by atoms with van der Waals surface area (Å²) in [6.07, 6.45) is 1.88. The molecule has 0 radical (unpaired) electrons. The van der Waals surface area contributed by atoms with Gasteiger partial charge in [0.25, 0.3) is 0 Å². The quantitative estimate of drug-likeness (QED) is 0.854. The Morgan fingerprint density at radius 3 is 2.24 bits per heavy atom. The Kier molecular flexibility index (Phi) is 6.00. The molecular formula is C14H22BrNO. The number of aliphatic hydroxyl groups excluding tert-OH is 1. The van der Waals surface area contributed by atoms with E-state index >= 15 is 0 Å². The van der Waals surface area contributed by atoms with E-state index in [1.54, 1.807) is 6.92 Å². The van der Waals surface area contributed by atoms with Gasteiger partial charge in [0, 0.05) is 17.6 Å². The number of rotatable bonds is 6. The van der Waals surface area contributed by atoms with E-state index in [1.807, 2.05) is 12.1 Å². The van der Waals surface area contributed by atoms with Gasteiger partial charge in [-0.1, -0.05) is 19.9 Å². The molecule has 0 amide bonds. The zero-order valence-electron chi connectivity index (χ0n) is 10.9. The molecule has 2 nitrogen and oxygen atoms in total. The predicted molar refractivity (Wildman–Crippen MR) is 77.6 cm³/mol. The van der Waals surface area contributed by atoms with E-state index in [1.165, 1.54) is 5.69 Å². The lowest BCUT2D eigenvalue weighted by molar-refractivity contribution is 0.199. The maximum Gasteiger partial charge on any atom is 0.0762 e. The second-order valence-corrected chi connectivity index (χ2v) is 5.23. The van der Waals surface area contributed by atoms with Gasteiger partial charge in [0.15, 0.2) is 0 Å². The van der Waals surface area contributed by atoms with Gasteiger partial charge in [-0.2, -0.15) is 0 Å². The molecule has 0 aliphatic rings. The third-order valence-corrected chi connectivity index (χ3v) is 3.42. The Hall–Kier alpha value is -0.540. The molecule has 0 saturated heterocycles. The summed E-state index contributed by atoms with van der Waals surface area (Å²) >= 11 is 3.60. The van der Waals surface area contributed by atoms with Gasteiger partial charge in [0.05, 0.1) is 11.8 Å². The van der Waals surface area contributed by atoms with E-state index in [4.69, 9.17) is 0 Å². The summed E-state index contributed by atoms with van der Waals surface area (Å²) in [4.78, 5) is 2.38. The van der Waals surface area contributed by atoms with Gasteiger partial charge in [0.2, 0.25) is 0 Å². The minimum Gasteiger partial charge on any atom is -0.389 e. The van der Waals surface area contributed by atoms with Gasteiger partial charge in [-0.3, -0.25) is 0 Å². The van der Waals surface area contributed by atoms with E-state index in [0.717, 1.165) is 36.0 Å². The predicted octanol–water partition coefficient (Wildman–Crippen LogP) is 4.13. The summed E-state index contributed by atoms with van der Waals surface area (Å²) in [6, 6.07) is 6.11. The van der Waals surface area contributed by atoms with Crippen LogP contribution in [0.25, 0.3) is 0 Å². The Morgan fingerprint density at radius 1 is 1.24 bits per heavy atom. The second-order valence-electron chi connectivity index (χ2n) is 4.37. The summed E-state index contributed by atoms with van der Waals surface area (Å²) in [5.41, 5.74) is 2.17. The van der Waals surface area contributed by atoms with Crippen molar-refractivity contribution >= 4 is 21.6 Å². The number of benzene rings is 1. The first-order valence-corrected chi connectivity index (χ1v) is 7.11. The first-order valence-electron chi connectivity index (χ1n) is 6.32. The molecule has 3 heteroatoms. The third-order valence-electron chi connectivity index (χ3n) is 2.78. The average molecular weight is 300 g/mol. The Labute approximate surface area is 113 Å². The molecule has 0 aliphatic heterocycles. The molecule has 0 spiro atoms. The van der Waals surface area contributed by atoms with Crippen LogP contribution in [-0.4, -0.2) is 18.2 Å². The highest BCUT2D eigenvalue weighted by Crippen LogP contribution is 2.29. The molecular weight excluding hydrogens is 278 g/mol. The van der Waals surface area contributed by atoms with Crippen LogP contribution in [-0.2, 0) is 0 Å². The normalized spacial score (nSPS) is 12.5. The smallest absolute Gasteiger partial charge is 0.0762 e. The van der Waals surface area contributed by atoms with E-state index < -0.39 is 6.10 Å². The van der Waals surface area contributed by atoms with Crippen LogP contribution in [0.4, 0.5) is 5.69 Å².